The number of halogens is 6. The molecule has 1 unspecified atom stereocenters. The van der Waals surface area contributed by atoms with Gasteiger partial charge in [-0.2, -0.15) is 13.2 Å². The second-order valence-electron chi connectivity index (χ2n) is 8.32. The lowest BCUT2D eigenvalue weighted by Gasteiger charge is -2.19. The zero-order valence-electron chi connectivity index (χ0n) is 19.2. The maximum Gasteiger partial charge on any atom is 0.416 e. The molecule has 0 fully saturated rings. The molecular weight excluding hydrogens is 557 g/mol. The number of hydrogen-bond donors (Lipinski definition) is 3. The van der Waals surface area contributed by atoms with Crippen LogP contribution in [0.15, 0.2) is 48.5 Å². The molecule has 1 heterocycles. The van der Waals surface area contributed by atoms with E-state index in [1.54, 1.807) is 0 Å². The molecule has 7 nitrogen and oxygen atoms in total. The minimum absolute atomic E-state index is 0.0461. The number of sulfonamides is 1. The lowest BCUT2D eigenvalue weighted by atomic mass is 9.94. The molecule has 2 amide bonds. The van der Waals surface area contributed by atoms with Crippen molar-refractivity contribution in [2.24, 2.45) is 0 Å². The molecule has 0 spiro atoms. The van der Waals surface area contributed by atoms with Crippen LogP contribution in [0.25, 0.3) is 0 Å². The second kappa shape index (κ2) is 9.97. The Labute approximate surface area is 218 Å². The molecule has 3 N–H and O–H groups in total. The smallest absolute Gasteiger partial charge is 0.341 e. The van der Waals surface area contributed by atoms with Crippen LogP contribution in [0.3, 0.4) is 0 Å². The topological polar surface area (TPSA) is 104 Å². The molecule has 0 aliphatic carbocycles. The van der Waals surface area contributed by atoms with E-state index in [1.807, 2.05) is 0 Å². The summed E-state index contributed by atoms with van der Waals surface area (Å²) in [6.45, 7) is 0. The lowest BCUT2D eigenvalue weighted by molar-refractivity contribution is -0.137. The van der Waals surface area contributed by atoms with Gasteiger partial charge in [-0.1, -0.05) is 11.6 Å². The van der Waals surface area contributed by atoms with Gasteiger partial charge in [-0.3, -0.25) is 9.59 Å². The molecule has 1 atom stereocenters. The summed E-state index contributed by atoms with van der Waals surface area (Å²) in [5.41, 5.74) is -2.12. The average molecular weight is 574 g/mol. The average Bonchev–Trinajstić information content (AvgIpc) is 3.15. The lowest BCUT2D eigenvalue weighted by Crippen LogP contribution is -2.21. The Balaban J connectivity index is 1.86. The first-order valence-corrected chi connectivity index (χ1v) is 12.7. The third-order valence-electron chi connectivity index (χ3n) is 5.72. The third-order valence-corrected chi connectivity index (χ3v) is 7.40. The minimum atomic E-state index is -4.94. The van der Waals surface area contributed by atoms with Crippen LogP contribution in [-0.4, -0.2) is 27.3 Å². The number of carbonyl (C=O) groups is 2. The number of alkyl halides is 3. The summed E-state index contributed by atoms with van der Waals surface area (Å²) in [7, 11) is -2.68. The number of anilines is 1. The molecule has 38 heavy (non-hydrogen) atoms. The van der Waals surface area contributed by atoms with Crippen molar-refractivity contribution < 1.29 is 40.0 Å². The number of hydrogen-bond acceptors (Lipinski definition) is 4. The highest BCUT2D eigenvalue weighted by atomic mass is 35.5. The molecule has 14 heteroatoms. The fraction of sp³-hybridized carbons (Fsp3) is 0.167. The molecule has 0 bridgehead atoms. The standard InChI is InChI=1S/C24H17ClF5N3O4S/c1-31-38(36,37)10-11-4-17-20(21(33-23(17)35)16-9-14(26)2-3-18(16)25)19(5-11)32-22(34)12-6-13(24(28,29)30)8-15(27)7-12/h2-9,21,31H,10H2,1H3,(H,32,34)(H,33,35). The summed E-state index contributed by atoms with van der Waals surface area (Å²) < 4.78 is 93.8. The first-order chi connectivity index (χ1) is 17.7. The third kappa shape index (κ3) is 5.64. The van der Waals surface area contributed by atoms with E-state index in [9.17, 15) is 40.0 Å². The van der Waals surface area contributed by atoms with Crippen LogP contribution in [0.2, 0.25) is 5.02 Å². The van der Waals surface area contributed by atoms with Gasteiger partial charge in [0.1, 0.15) is 11.6 Å². The van der Waals surface area contributed by atoms with Gasteiger partial charge in [0, 0.05) is 33.0 Å². The minimum Gasteiger partial charge on any atom is -0.341 e. The van der Waals surface area contributed by atoms with Crippen LogP contribution in [0.5, 0.6) is 0 Å². The fourth-order valence-corrected chi connectivity index (χ4v) is 5.00. The summed E-state index contributed by atoms with van der Waals surface area (Å²) in [4.78, 5) is 25.8. The number of nitrogens with one attached hydrogen (secondary N) is 3. The Kier molecular flexibility index (Phi) is 7.21. The molecule has 0 radical (unpaired) electrons. The van der Waals surface area contributed by atoms with Gasteiger partial charge in [0.2, 0.25) is 10.0 Å². The van der Waals surface area contributed by atoms with Crippen molar-refractivity contribution in [3.8, 4) is 0 Å². The Morgan fingerprint density at radius 3 is 2.42 bits per heavy atom. The SMILES string of the molecule is CNS(=O)(=O)Cc1cc(NC(=O)c2cc(F)cc(C(F)(F)F)c2)c2c(c1)C(=O)NC2c1cc(F)ccc1Cl. The molecule has 3 aromatic carbocycles. The number of carbonyl (C=O) groups excluding carboxylic acids is 2. The Bertz CT molecular complexity index is 1580. The van der Waals surface area contributed by atoms with Crippen LogP contribution >= 0.6 is 11.6 Å². The monoisotopic (exact) mass is 573 g/mol. The van der Waals surface area contributed by atoms with E-state index < -0.39 is 62.6 Å². The molecule has 3 aromatic rings. The molecular formula is C24H17ClF5N3O4S. The zero-order valence-corrected chi connectivity index (χ0v) is 20.8. The van der Waals surface area contributed by atoms with Gasteiger partial charge in [-0.05, 0) is 61.1 Å². The number of fused-ring (bicyclic) bond motifs is 1. The van der Waals surface area contributed by atoms with Gasteiger partial charge in [-0.25, -0.2) is 21.9 Å². The molecule has 0 aromatic heterocycles. The van der Waals surface area contributed by atoms with Crippen LogP contribution in [0, 0.1) is 11.6 Å². The number of benzene rings is 3. The maximum absolute atomic E-state index is 14.0. The Morgan fingerprint density at radius 1 is 1.05 bits per heavy atom. The predicted molar refractivity (Wildman–Crippen MR) is 128 cm³/mol. The van der Waals surface area contributed by atoms with Gasteiger partial charge in [0.15, 0.2) is 0 Å². The van der Waals surface area contributed by atoms with E-state index in [1.165, 1.54) is 25.2 Å². The van der Waals surface area contributed by atoms with Crippen molar-refractivity contribution in [3.05, 3.63) is 98.6 Å². The van der Waals surface area contributed by atoms with E-state index in [-0.39, 0.29) is 39.0 Å². The second-order valence-corrected chi connectivity index (χ2v) is 10.7. The molecule has 200 valence electrons. The summed E-state index contributed by atoms with van der Waals surface area (Å²) in [5.74, 6) is -4.49. The van der Waals surface area contributed by atoms with Crippen molar-refractivity contribution in [2.75, 3.05) is 12.4 Å². The normalized spacial score (nSPS) is 15.2. The van der Waals surface area contributed by atoms with E-state index in [0.29, 0.717) is 12.1 Å². The van der Waals surface area contributed by atoms with E-state index >= 15 is 0 Å². The van der Waals surface area contributed by atoms with Crippen LogP contribution < -0.4 is 15.4 Å². The van der Waals surface area contributed by atoms with Crippen molar-refractivity contribution in [1.82, 2.24) is 10.0 Å². The molecule has 0 saturated heterocycles. The summed E-state index contributed by atoms with van der Waals surface area (Å²) in [6.07, 6.45) is -4.94. The summed E-state index contributed by atoms with van der Waals surface area (Å²) >= 11 is 6.22. The van der Waals surface area contributed by atoms with Gasteiger partial charge in [0.05, 0.1) is 17.4 Å². The number of amides is 2. The highest BCUT2D eigenvalue weighted by Crippen LogP contribution is 2.40. The molecule has 0 saturated carbocycles. The van der Waals surface area contributed by atoms with Gasteiger partial charge in [-0.15, -0.1) is 0 Å². The highest BCUT2D eigenvalue weighted by molar-refractivity contribution is 7.88. The van der Waals surface area contributed by atoms with Crippen molar-refractivity contribution in [2.45, 2.75) is 18.0 Å². The van der Waals surface area contributed by atoms with Gasteiger partial charge < -0.3 is 10.6 Å². The van der Waals surface area contributed by atoms with Crippen molar-refractivity contribution >= 4 is 39.1 Å². The Morgan fingerprint density at radius 2 is 1.76 bits per heavy atom. The van der Waals surface area contributed by atoms with E-state index in [0.717, 1.165) is 12.1 Å². The summed E-state index contributed by atoms with van der Waals surface area (Å²) in [5, 5.41) is 4.99. The Hall–Kier alpha value is -3.55. The van der Waals surface area contributed by atoms with Crippen LogP contribution in [-0.2, 0) is 22.0 Å². The highest BCUT2D eigenvalue weighted by Gasteiger charge is 2.36. The first kappa shape index (κ1) is 27.5. The van der Waals surface area contributed by atoms with Crippen LogP contribution in [0.4, 0.5) is 27.6 Å². The van der Waals surface area contributed by atoms with E-state index in [4.69, 9.17) is 11.6 Å². The van der Waals surface area contributed by atoms with E-state index in [2.05, 4.69) is 15.4 Å². The predicted octanol–water partition coefficient (Wildman–Crippen LogP) is 4.77. The zero-order chi connectivity index (χ0) is 28.0. The summed E-state index contributed by atoms with van der Waals surface area (Å²) in [6, 6.07) is 5.99. The van der Waals surface area contributed by atoms with Crippen molar-refractivity contribution in [1.29, 1.82) is 0 Å². The molecule has 1 aliphatic rings. The van der Waals surface area contributed by atoms with Gasteiger partial charge >= 0.3 is 6.18 Å². The van der Waals surface area contributed by atoms with Gasteiger partial charge in [0.25, 0.3) is 11.8 Å². The first-order valence-electron chi connectivity index (χ1n) is 10.7. The maximum atomic E-state index is 14.0. The fourth-order valence-electron chi connectivity index (χ4n) is 4.02. The largest absolute Gasteiger partial charge is 0.416 e. The number of rotatable bonds is 6. The molecule has 1 aliphatic heterocycles. The molecule has 4 rings (SSSR count). The van der Waals surface area contributed by atoms with Crippen molar-refractivity contribution in [3.63, 3.8) is 0 Å². The van der Waals surface area contributed by atoms with Crippen LogP contribution in [0.1, 0.15) is 49.0 Å². The quantitative estimate of drug-likeness (QED) is 0.370.